The van der Waals surface area contributed by atoms with Crippen LogP contribution in [0.3, 0.4) is 0 Å². The topological polar surface area (TPSA) is 15.3 Å². The van der Waals surface area contributed by atoms with Crippen molar-refractivity contribution in [3.8, 4) is 0 Å². The number of benzene rings is 1. The number of thiocarbonyl (C=S) groups is 1. The molecule has 0 bridgehead atoms. The van der Waals surface area contributed by atoms with Crippen molar-refractivity contribution in [3.63, 3.8) is 0 Å². The van der Waals surface area contributed by atoms with Crippen molar-refractivity contribution in [1.29, 1.82) is 0 Å². The quantitative estimate of drug-likeness (QED) is 0.827. The van der Waals surface area contributed by atoms with Crippen molar-refractivity contribution in [3.05, 3.63) is 52.5 Å². The summed E-state index contributed by atoms with van der Waals surface area (Å²) in [6.07, 6.45) is 2.28. The highest BCUT2D eigenvalue weighted by atomic mass is 32.1. The highest BCUT2D eigenvalue weighted by Gasteiger charge is 2.28. The van der Waals surface area contributed by atoms with E-state index < -0.39 is 0 Å². The van der Waals surface area contributed by atoms with Crippen LogP contribution >= 0.6 is 23.6 Å². The maximum absolute atomic E-state index is 12.9. The molecule has 2 aromatic rings. The van der Waals surface area contributed by atoms with E-state index in [9.17, 15) is 4.39 Å². The SMILES string of the molecule is Fc1ccc(NC(=S)N2CCC[C@@H]2c2cccs2)cc1. The fourth-order valence-corrected chi connectivity index (χ4v) is 3.72. The molecule has 2 heterocycles. The Kier molecular flexibility index (Phi) is 3.98. The molecule has 1 saturated heterocycles. The average Bonchev–Trinajstić information content (AvgIpc) is 3.11. The van der Waals surface area contributed by atoms with E-state index in [1.54, 1.807) is 23.5 Å². The van der Waals surface area contributed by atoms with Crippen molar-refractivity contribution in [1.82, 2.24) is 4.90 Å². The summed E-state index contributed by atoms with van der Waals surface area (Å²) in [4.78, 5) is 3.58. The lowest BCUT2D eigenvalue weighted by Crippen LogP contribution is -2.33. The Morgan fingerprint density at radius 1 is 1.30 bits per heavy atom. The Morgan fingerprint density at radius 3 is 2.80 bits per heavy atom. The Labute approximate surface area is 127 Å². The number of rotatable bonds is 2. The van der Waals surface area contributed by atoms with Crippen LogP contribution in [0.4, 0.5) is 10.1 Å². The molecule has 0 amide bonds. The Bertz CT molecular complexity index is 580. The normalized spacial score (nSPS) is 18.2. The highest BCUT2D eigenvalue weighted by Crippen LogP contribution is 2.34. The predicted octanol–water partition coefficient (Wildman–Crippen LogP) is 4.42. The van der Waals surface area contributed by atoms with Gasteiger partial charge in [-0.05, 0) is 60.8 Å². The number of thiophene rings is 1. The molecule has 0 radical (unpaired) electrons. The zero-order valence-electron chi connectivity index (χ0n) is 10.9. The number of anilines is 1. The molecule has 0 saturated carbocycles. The van der Waals surface area contributed by atoms with Gasteiger partial charge in [-0.3, -0.25) is 0 Å². The van der Waals surface area contributed by atoms with Crippen LogP contribution in [0.1, 0.15) is 23.8 Å². The monoisotopic (exact) mass is 306 g/mol. The van der Waals surface area contributed by atoms with Gasteiger partial charge in [0, 0.05) is 17.1 Å². The summed E-state index contributed by atoms with van der Waals surface area (Å²) in [5, 5.41) is 6.01. The maximum Gasteiger partial charge on any atom is 0.173 e. The summed E-state index contributed by atoms with van der Waals surface area (Å²) in [5.74, 6) is -0.237. The lowest BCUT2D eigenvalue weighted by molar-refractivity contribution is 0.412. The van der Waals surface area contributed by atoms with Gasteiger partial charge in [0.05, 0.1) is 6.04 Å². The predicted molar refractivity (Wildman–Crippen MR) is 85.6 cm³/mol. The number of halogens is 1. The van der Waals surface area contributed by atoms with E-state index in [2.05, 4.69) is 27.7 Å². The summed E-state index contributed by atoms with van der Waals surface area (Å²) in [6, 6.07) is 10.9. The van der Waals surface area contributed by atoms with Gasteiger partial charge < -0.3 is 10.2 Å². The summed E-state index contributed by atoms with van der Waals surface area (Å²) in [6.45, 7) is 0.968. The van der Waals surface area contributed by atoms with Crippen LogP contribution in [-0.4, -0.2) is 16.6 Å². The van der Waals surface area contributed by atoms with Gasteiger partial charge in [-0.15, -0.1) is 11.3 Å². The van der Waals surface area contributed by atoms with Gasteiger partial charge in [-0.2, -0.15) is 0 Å². The van der Waals surface area contributed by atoms with Crippen LogP contribution < -0.4 is 5.32 Å². The zero-order chi connectivity index (χ0) is 13.9. The second-order valence-electron chi connectivity index (χ2n) is 4.80. The van der Waals surface area contributed by atoms with E-state index in [0.29, 0.717) is 11.2 Å². The van der Waals surface area contributed by atoms with Crippen molar-refractivity contribution < 1.29 is 4.39 Å². The summed E-state index contributed by atoms with van der Waals surface area (Å²) >= 11 is 7.28. The summed E-state index contributed by atoms with van der Waals surface area (Å²) < 4.78 is 12.9. The molecular weight excluding hydrogens is 291 g/mol. The van der Waals surface area contributed by atoms with Crippen molar-refractivity contribution in [2.45, 2.75) is 18.9 Å². The standard InChI is InChI=1S/C15H15FN2S2/c16-11-5-7-12(8-6-11)17-15(19)18-9-1-3-13(18)14-4-2-10-20-14/h2,4-8,10,13H,1,3,9H2,(H,17,19)/t13-/m1/s1. The Morgan fingerprint density at radius 2 is 2.10 bits per heavy atom. The molecule has 1 aromatic carbocycles. The van der Waals surface area contributed by atoms with Crippen LogP contribution in [0.2, 0.25) is 0 Å². The molecule has 1 aliphatic rings. The van der Waals surface area contributed by atoms with E-state index in [0.717, 1.165) is 25.1 Å². The second-order valence-corrected chi connectivity index (χ2v) is 6.17. The molecule has 0 aliphatic carbocycles. The number of hydrogen-bond acceptors (Lipinski definition) is 2. The van der Waals surface area contributed by atoms with Gasteiger partial charge in [0.15, 0.2) is 5.11 Å². The largest absolute Gasteiger partial charge is 0.341 e. The number of likely N-dealkylation sites (tertiary alicyclic amines) is 1. The van der Waals surface area contributed by atoms with Crippen molar-refractivity contribution >= 4 is 34.4 Å². The van der Waals surface area contributed by atoms with E-state index in [-0.39, 0.29) is 5.82 Å². The van der Waals surface area contributed by atoms with Crippen LogP contribution in [0, 0.1) is 5.82 Å². The molecule has 20 heavy (non-hydrogen) atoms. The molecule has 0 unspecified atom stereocenters. The zero-order valence-corrected chi connectivity index (χ0v) is 12.5. The fourth-order valence-electron chi connectivity index (χ4n) is 2.51. The van der Waals surface area contributed by atoms with Crippen LogP contribution in [0.25, 0.3) is 0 Å². The Balaban J connectivity index is 1.71. The molecule has 1 aliphatic heterocycles. The third-order valence-corrected chi connectivity index (χ3v) is 4.79. The molecule has 2 nitrogen and oxygen atoms in total. The van der Waals surface area contributed by atoms with Crippen molar-refractivity contribution in [2.24, 2.45) is 0 Å². The summed E-state index contributed by atoms with van der Waals surface area (Å²) in [7, 11) is 0. The Hall–Kier alpha value is -1.46. The first-order chi connectivity index (χ1) is 9.74. The molecule has 3 rings (SSSR count). The van der Waals surface area contributed by atoms with Crippen LogP contribution in [0.15, 0.2) is 41.8 Å². The molecule has 1 N–H and O–H groups in total. The molecule has 5 heteroatoms. The lowest BCUT2D eigenvalue weighted by Gasteiger charge is -2.27. The second kappa shape index (κ2) is 5.89. The van der Waals surface area contributed by atoms with Gasteiger partial charge in [0.2, 0.25) is 0 Å². The smallest absolute Gasteiger partial charge is 0.173 e. The first-order valence-corrected chi connectivity index (χ1v) is 7.89. The fraction of sp³-hybridized carbons (Fsp3) is 0.267. The molecule has 104 valence electrons. The molecule has 1 fully saturated rings. The van der Waals surface area contributed by atoms with Gasteiger partial charge in [-0.1, -0.05) is 6.07 Å². The van der Waals surface area contributed by atoms with Crippen molar-refractivity contribution in [2.75, 3.05) is 11.9 Å². The van der Waals surface area contributed by atoms with Gasteiger partial charge in [-0.25, -0.2) is 4.39 Å². The first kappa shape index (κ1) is 13.5. The third kappa shape index (κ3) is 2.83. The molecule has 1 atom stereocenters. The molecular formula is C15H15FN2S2. The minimum atomic E-state index is -0.237. The van der Waals surface area contributed by atoms with Crippen LogP contribution in [0.5, 0.6) is 0 Å². The van der Waals surface area contributed by atoms with Crippen LogP contribution in [-0.2, 0) is 0 Å². The molecule has 0 spiro atoms. The van der Waals surface area contributed by atoms with E-state index >= 15 is 0 Å². The number of nitrogens with zero attached hydrogens (tertiary/aromatic N) is 1. The minimum absolute atomic E-state index is 0.237. The number of nitrogens with one attached hydrogen (secondary N) is 1. The molecule has 1 aromatic heterocycles. The first-order valence-electron chi connectivity index (χ1n) is 6.60. The summed E-state index contributed by atoms with van der Waals surface area (Å²) in [5.41, 5.74) is 0.827. The maximum atomic E-state index is 12.9. The van der Waals surface area contributed by atoms with E-state index in [4.69, 9.17) is 12.2 Å². The van der Waals surface area contributed by atoms with Gasteiger partial charge in [0.25, 0.3) is 0 Å². The van der Waals surface area contributed by atoms with Gasteiger partial charge in [0.1, 0.15) is 5.82 Å². The minimum Gasteiger partial charge on any atom is -0.341 e. The highest BCUT2D eigenvalue weighted by molar-refractivity contribution is 7.80. The van der Waals surface area contributed by atoms with E-state index in [1.807, 2.05) is 0 Å². The van der Waals surface area contributed by atoms with Gasteiger partial charge >= 0.3 is 0 Å². The average molecular weight is 306 g/mol. The lowest BCUT2D eigenvalue weighted by atomic mass is 10.2. The number of hydrogen-bond donors (Lipinski definition) is 1. The van der Waals surface area contributed by atoms with E-state index in [1.165, 1.54) is 17.0 Å². The third-order valence-electron chi connectivity index (χ3n) is 3.48.